The first-order valence-corrected chi connectivity index (χ1v) is 3.65. The van der Waals surface area contributed by atoms with Gasteiger partial charge < -0.3 is 5.11 Å². The van der Waals surface area contributed by atoms with Gasteiger partial charge in [-0.25, -0.2) is 4.68 Å². The van der Waals surface area contributed by atoms with Crippen LogP contribution in [0.1, 0.15) is 0 Å². The second-order valence-electron chi connectivity index (χ2n) is 1.65. The zero-order chi connectivity index (χ0) is 7.56. The Hall–Kier alpha value is -0.430. The molecule has 1 aromatic heterocycles. The van der Waals surface area contributed by atoms with Crippen LogP contribution in [0.15, 0.2) is 17.1 Å². The lowest BCUT2D eigenvalue weighted by Crippen LogP contribution is -2.21. The fourth-order valence-electron chi connectivity index (χ4n) is 0.518. The molecule has 0 aliphatic rings. The highest BCUT2D eigenvalue weighted by atomic mass is 127. The van der Waals surface area contributed by atoms with E-state index < -0.39 is 0 Å². The van der Waals surface area contributed by atoms with Crippen molar-refractivity contribution in [1.29, 1.82) is 0 Å². The first-order valence-electron chi connectivity index (χ1n) is 2.57. The van der Waals surface area contributed by atoms with Gasteiger partial charge in [-0.2, -0.15) is 5.10 Å². The van der Waals surface area contributed by atoms with E-state index >= 15 is 0 Å². The fraction of sp³-hybridized carbons (Fsp3) is 0.200. The molecule has 0 amide bonds. The monoisotopic (exact) mass is 252 g/mol. The molecule has 54 valence electrons. The van der Waals surface area contributed by atoms with Gasteiger partial charge in [0.1, 0.15) is 6.73 Å². The Labute approximate surface area is 70.6 Å². The van der Waals surface area contributed by atoms with Crippen molar-refractivity contribution in [3.63, 3.8) is 0 Å². The summed E-state index contributed by atoms with van der Waals surface area (Å²) in [5.74, 6) is 0. The van der Waals surface area contributed by atoms with Crippen LogP contribution >= 0.6 is 22.6 Å². The van der Waals surface area contributed by atoms with Crippen molar-refractivity contribution in [3.05, 3.63) is 26.2 Å². The van der Waals surface area contributed by atoms with Gasteiger partial charge in [0.15, 0.2) is 0 Å². The van der Waals surface area contributed by atoms with Gasteiger partial charge in [-0.3, -0.25) is 4.79 Å². The van der Waals surface area contributed by atoms with Gasteiger partial charge in [0, 0.05) is 9.64 Å². The van der Waals surface area contributed by atoms with Crippen LogP contribution in [-0.2, 0) is 6.73 Å². The summed E-state index contributed by atoms with van der Waals surface area (Å²) < 4.78 is 1.75. The number of hydrogen-bond donors (Lipinski definition) is 1. The second-order valence-corrected chi connectivity index (χ2v) is 2.90. The first kappa shape index (κ1) is 7.67. The van der Waals surface area contributed by atoms with Crippen LogP contribution in [0, 0.1) is 3.57 Å². The van der Waals surface area contributed by atoms with Crippen molar-refractivity contribution in [3.8, 4) is 0 Å². The molecule has 0 aliphatic carbocycles. The maximum Gasteiger partial charge on any atom is 0.269 e. The van der Waals surface area contributed by atoms with Crippen molar-refractivity contribution in [2.24, 2.45) is 0 Å². The van der Waals surface area contributed by atoms with Crippen LogP contribution in [0.25, 0.3) is 0 Å². The number of aliphatic hydroxyl groups is 1. The van der Waals surface area contributed by atoms with Gasteiger partial charge in [-0.05, 0) is 22.6 Å². The van der Waals surface area contributed by atoms with E-state index in [2.05, 4.69) is 5.10 Å². The maximum atomic E-state index is 10.8. The van der Waals surface area contributed by atoms with Crippen molar-refractivity contribution in [1.82, 2.24) is 9.78 Å². The molecule has 0 aromatic carbocycles. The van der Waals surface area contributed by atoms with Crippen LogP contribution in [0.5, 0.6) is 0 Å². The summed E-state index contributed by atoms with van der Waals surface area (Å²) in [6.07, 6.45) is 1.51. The van der Waals surface area contributed by atoms with E-state index in [-0.39, 0.29) is 12.3 Å². The third-order valence-electron chi connectivity index (χ3n) is 0.970. The molecule has 1 rings (SSSR count). The van der Waals surface area contributed by atoms with E-state index in [0.717, 1.165) is 8.25 Å². The topological polar surface area (TPSA) is 55.1 Å². The average molecular weight is 252 g/mol. The lowest BCUT2D eigenvalue weighted by atomic mass is 10.6. The summed E-state index contributed by atoms with van der Waals surface area (Å²) in [5, 5.41) is 12.2. The molecular formula is C5H5IN2O2. The lowest BCUT2D eigenvalue weighted by Gasteiger charge is -1.96. The zero-order valence-corrected chi connectivity index (χ0v) is 7.15. The van der Waals surface area contributed by atoms with E-state index in [4.69, 9.17) is 5.11 Å². The van der Waals surface area contributed by atoms with Gasteiger partial charge in [0.2, 0.25) is 0 Å². The third-order valence-corrected chi connectivity index (χ3v) is 1.56. The Bertz CT molecular complexity index is 283. The van der Waals surface area contributed by atoms with Crippen molar-refractivity contribution >= 4 is 22.6 Å². The van der Waals surface area contributed by atoms with E-state index in [1.807, 2.05) is 22.6 Å². The molecule has 1 N–H and O–H groups in total. The molecule has 0 atom stereocenters. The fourth-order valence-corrected chi connectivity index (χ4v) is 0.909. The zero-order valence-electron chi connectivity index (χ0n) is 4.99. The van der Waals surface area contributed by atoms with Crippen LogP contribution in [-0.4, -0.2) is 14.9 Å². The highest BCUT2D eigenvalue weighted by Gasteiger charge is 1.93. The molecule has 10 heavy (non-hydrogen) atoms. The highest BCUT2D eigenvalue weighted by molar-refractivity contribution is 14.1. The molecule has 4 nitrogen and oxygen atoms in total. The Morgan fingerprint density at radius 1 is 1.80 bits per heavy atom. The molecule has 0 unspecified atom stereocenters. The molecule has 0 bridgehead atoms. The quantitative estimate of drug-likeness (QED) is 0.704. The van der Waals surface area contributed by atoms with Gasteiger partial charge in [0.05, 0.1) is 6.20 Å². The summed E-state index contributed by atoms with van der Waals surface area (Å²) in [4.78, 5) is 10.8. The molecule has 0 aliphatic heterocycles. The SMILES string of the molecule is O=c1cc(I)cnn1CO. The Morgan fingerprint density at radius 2 is 2.50 bits per heavy atom. The van der Waals surface area contributed by atoms with Crippen LogP contribution < -0.4 is 5.56 Å². The third kappa shape index (κ3) is 1.54. The predicted octanol–water partition coefficient (Wildman–Crippen LogP) is -0.202. The average Bonchev–Trinajstić information content (AvgIpc) is 1.88. The summed E-state index contributed by atoms with van der Waals surface area (Å²) in [6.45, 7) is -0.365. The smallest absolute Gasteiger partial charge is 0.269 e. The number of hydrogen-bond acceptors (Lipinski definition) is 3. The Kier molecular flexibility index (Phi) is 2.39. The van der Waals surface area contributed by atoms with Gasteiger partial charge in [-0.1, -0.05) is 0 Å². The minimum atomic E-state index is -0.365. The number of halogens is 1. The predicted molar refractivity (Wildman–Crippen MR) is 43.4 cm³/mol. The minimum Gasteiger partial charge on any atom is -0.374 e. The Balaban J connectivity index is 3.20. The van der Waals surface area contributed by atoms with E-state index in [9.17, 15) is 4.79 Å². The normalized spacial score (nSPS) is 9.80. The van der Waals surface area contributed by atoms with Crippen LogP contribution in [0.4, 0.5) is 0 Å². The van der Waals surface area contributed by atoms with Gasteiger partial charge >= 0.3 is 0 Å². The summed E-state index contributed by atoms with van der Waals surface area (Å²) >= 11 is 1.98. The summed E-state index contributed by atoms with van der Waals surface area (Å²) in [6, 6.07) is 1.41. The summed E-state index contributed by atoms with van der Waals surface area (Å²) in [7, 11) is 0. The van der Waals surface area contributed by atoms with Crippen molar-refractivity contribution < 1.29 is 5.11 Å². The van der Waals surface area contributed by atoms with E-state index in [0.29, 0.717) is 0 Å². The second kappa shape index (κ2) is 3.11. The highest BCUT2D eigenvalue weighted by Crippen LogP contribution is 1.94. The van der Waals surface area contributed by atoms with E-state index in [1.165, 1.54) is 12.3 Å². The largest absolute Gasteiger partial charge is 0.374 e. The molecule has 1 aromatic rings. The van der Waals surface area contributed by atoms with Crippen molar-refractivity contribution in [2.75, 3.05) is 0 Å². The summed E-state index contributed by atoms with van der Waals surface area (Å²) in [5.41, 5.74) is -0.283. The van der Waals surface area contributed by atoms with Crippen LogP contribution in [0.2, 0.25) is 0 Å². The molecule has 0 saturated carbocycles. The standard InChI is InChI=1S/C5H5IN2O2/c6-4-1-5(10)8(3-9)7-2-4/h1-2,9H,3H2. The number of nitrogens with zero attached hydrogens (tertiary/aromatic N) is 2. The van der Waals surface area contributed by atoms with Crippen LogP contribution in [0.3, 0.4) is 0 Å². The molecular weight excluding hydrogens is 247 g/mol. The van der Waals surface area contributed by atoms with Gasteiger partial charge in [0.25, 0.3) is 5.56 Å². The number of aliphatic hydroxyl groups excluding tert-OH is 1. The Morgan fingerprint density at radius 3 is 3.00 bits per heavy atom. The lowest BCUT2D eigenvalue weighted by molar-refractivity contribution is 0.188. The van der Waals surface area contributed by atoms with Crippen molar-refractivity contribution in [2.45, 2.75) is 6.73 Å². The van der Waals surface area contributed by atoms with Gasteiger partial charge in [-0.15, -0.1) is 0 Å². The first-order chi connectivity index (χ1) is 4.74. The minimum absolute atomic E-state index is 0.283. The molecule has 5 heteroatoms. The molecule has 0 fully saturated rings. The maximum absolute atomic E-state index is 10.8. The molecule has 0 saturated heterocycles. The van der Waals surface area contributed by atoms with E-state index in [1.54, 1.807) is 0 Å². The number of rotatable bonds is 1. The molecule has 1 heterocycles. The number of aromatic nitrogens is 2. The molecule has 0 radical (unpaired) electrons. The molecule has 0 spiro atoms.